The predicted molar refractivity (Wildman–Crippen MR) is 97.1 cm³/mol. The van der Waals surface area contributed by atoms with Crippen LogP contribution in [0.2, 0.25) is 5.15 Å². The number of nitro groups is 1. The van der Waals surface area contributed by atoms with Crippen LogP contribution in [0.1, 0.15) is 20.8 Å². The molecule has 0 aliphatic carbocycles. The van der Waals surface area contributed by atoms with Crippen molar-refractivity contribution in [3.05, 3.63) is 39.8 Å². The number of hydrogen-bond donors (Lipinski definition) is 0. The monoisotopic (exact) mass is 395 g/mol. The fourth-order valence-electron chi connectivity index (χ4n) is 2.06. The molecule has 2 aromatic rings. The van der Waals surface area contributed by atoms with Gasteiger partial charge in [-0.05, 0) is 26.8 Å². The number of nitrogens with zero attached hydrogens (tertiary/aromatic N) is 5. The number of aromatic nitrogens is 3. The smallest absolute Gasteiger partial charge is 0.373 e. The van der Waals surface area contributed by atoms with Crippen LogP contribution >= 0.6 is 11.6 Å². The first-order chi connectivity index (χ1) is 12.6. The van der Waals surface area contributed by atoms with E-state index >= 15 is 0 Å². The highest BCUT2D eigenvalue weighted by atomic mass is 35.5. The maximum atomic E-state index is 12.0. The van der Waals surface area contributed by atoms with Gasteiger partial charge in [0.15, 0.2) is 0 Å². The number of esters is 1. The summed E-state index contributed by atoms with van der Waals surface area (Å²) in [5.41, 5.74) is -1.19. The molecule has 0 aliphatic heterocycles. The summed E-state index contributed by atoms with van der Waals surface area (Å²) in [6, 6.07) is 4.58. The summed E-state index contributed by atoms with van der Waals surface area (Å²) in [4.78, 5) is 35.8. The molecule has 0 N–H and O–H groups in total. The quantitative estimate of drug-likeness (QED) is 0.314. The third kappa shape index (κ3) is 5.74. The van der Waals surface area contributed by atoms with Gasteiger partial charge in [0.2, 0.25) is 11.7 Å². The first kappa shape index (κ1) is 20.3. The van der Waals surface area contributed by atoms with Gasteiger partial charge in [-0.25, -0.2) is 9.97 Å². The van der Waals surface area contributed by atoms with E-state index in [9.17, 15) is 14.9 Å². The Morgan fingerprint density at radius 2 is 2.04 bits per heavy atom. The van der Waals surface area contributed by atoms with Crippen molar-refractivity contribution >= 4 is 29.1 Å². The zero-order valence-electron chi connectivity index (χ0n) is 15.2. The van der Waals surface area contributed by atoms with Crippen LogP contribution in [0.15, 0.2) is 24.5 Å². The van der Waals surface area contributed by atoms with Crippen LogP contribution < -0.4 is 9.64 Å². The highest BCUT2D eigenvalue weighted by Crippen LogP contribution is 2.35. The molecule has 0 amide bonds. The lowest BCUT2D eigenvalue weighted by molar-refractivity contribution is -0.385. The molecule has 0 bridgehead atoms. The second-order valence-electron chi connectivity index (χ2n) is 6.45. The zero-order valence-corrected chi connectivity index (χ0v) is 15.9. The Hall–Kier alpha value is -3.01. The van der Waals surface area contributed by atoms with Crippen LogP contribution in [-0.2, 0) is 9.53 Å². The number of carbonyl (C=O) groups excluding carboxylic acids is 1. The number of carbonyl (C=O) groups is 1. The molecule has 2 heterocycles. The van der Waals surface area contributed by atoms with Crippen LogP contribution in [-0.4, -0.2) is 45.0 Å². The second-order valence-corrected chi connectivity index (χ2v) is 6.84. The van der Waals surface area contributed by atoms with Crippen LogP contribution in [0, 0.1) is 10.1 Å². The third-order valence-corrected chi connectivity index (χ3v) is 3.20. The molecule has 0 saturated heterocycles. The first-order valence-corrected chi connectivity index (χ1v) is 8.17. The van der Waals surface area contributed by atoms with Crippen LogP contribution in [0.3, 0.4) is 0 Å². The maximum absolute atomic E-state index is 12.0. The third-order valence-electron chi connectivity index (χ3n) is 2.99. The average molecular weight is 396 g/mol. The van der Waals surface area contributed by atoms with E-state index in [0.29, 0.717) is 0 Å². The van der Waals surface area contributed by atoms with Gasteiger partial charge in [0.1, 0.15) is 23.6 Å². The van der Waals surface area contributed by atoms with Crippen molar-refractivity contribution in [2.75, 3.05) is 18.5 Å². The predicted octanol–water partition coefficient (Wildman–Crippen LogP) is 3.00. The van der Waals surface area contributed by atoms with E-state index in [0.717, 1.165) is 6.33 Å². The number of likely N-dealkylation sites (N-methyl/N-ethyl adjacent to an activating group) is 1. The number of hydrogen-bond acceptors (Lipinski definition) is 9. The van der Waals surface area contributed by atoms with Crippen molar-refractivity contribution in [2.45, 2.75) is 26.4 Å². The number of anilines is 1. The minimum atomic E-state index is -0.694. The van der Waals surface area contributed by atoms with E-state index in [-0.39, 0.29) is 29.3 Å². The molecule has 10 nitrogen and oxygen atoms in total. The summed E-state index contributed by atoms with van der Waals surface area (Å²) in [5.74, 6) is -0.948. The number of ether oxygens (including phenoxy) is 2. The molecule has 0 radical (unpaired) electrons. The lowest BCUT2D eigenvalue weighted by Gasteiger charge is -2.22. The van der Waals surface area contributed by atoms with E-state index in [2.05, 4.69) is 15.0 Å². The molecule has 0 spiro atoms. The van der Waals surface area contributed by atoms with Gasteiger partial charge >= 0.3 is 17.5 Å². The van der Waals surface area contributed by atoms with Gasteiger partial charge in [0.05, 0.1) is 4.92 Å². The van der Waals surface area contributed by atoms with Gasteiger partial charge in [-0.3, -0.25) is 14.9 Å². The minimum absolute atomic E-state index is 0.0324. The normalized spacial score (nSPS) is 11.0. The Bertz CT molecular complexity index is 855. The fraction of sp³-hybridized carbons (Fsp3) is 0.375. The molecule has 0 aromatic carbocycles. The topological polar surface area (TPSA) is 121 Å². The molecule has 144 valence electrons. The summed E-state index contributed by atoms with van der Waals surface area (Å²) < 4.78 is 10.6. The Labute approximate surface area is 160 Å². The Balaban J connectivity index is 2.31. The van der Waals surface area contributed by atoms with Crippen LogP contribution in [0.5, 0.6) is 11.8 Å². The molecule has 0 aliphatic rings. The lowest BCUT2D eigenvalue weighted by Crippen LogP contribution is -2.33. The van der Waals surface area contributed by atoms with Crippen molar-refractivity contribution in [2.24, 2.45) is 0 Å². The minimum Gasteiger partial charge on any atom is -0.459 e. The van der Waals surface area contributed by atoms with Crippen molar-refractivity contribution in [3.63, 3.8) is 0 Å². The Kier molecular flexibility index (Phi) is 6.11. The second kappa shape index (κ2) is 8.12. The van der Waals surface area contributed by atoms with Gasteiger partial charge in [-0.1, -0.05) is 17.7 Å². The highest BCUT2D eigenvalue weighted by molar-refractivity contribution is 6.29. The van der Waals surface area contributed by atoms with Crippen molar-refractivity contribution in [1.29, 1.82) is 0 Å². The molecule has 2 rings (SSSR count). The Morgan fingerprint density at radius 3 is 2.63 bits per heavy atom. The number of pyridine rings is 1. The van der Waals surface area contributed by atoms with Crippen molar-refractivity contribution < 1.29 is 19.2 Å². The molecule has 0 saturated carbocycles. The van der Waals surface area contributed by atoms with E-state index < -0.39 is 22.2 Å². The first-order valence-electron chi connectivity index (χ1n) is 7.79. The van der Waals surface area contributed by atoms with E-state index in [1.54, 1.807) is 26.8 Å². The average Bonchev–Trinajstić information content (AvgIpc) is 2.52. The lowest BCUT2D eigenvalue weighted by atomic mass is 10.2. The fourth-order valence-corrected chi connectivity index (χ4v) is 2.21. The summed E-state index contributed by atoms with van der Waals surface area (Å²) in [6.45, 7) is 4.93. The molecule has 27 heavy (non-hydrogen) atoms. The number of rotatable bonds is 6. The van der Waals surface area contributed by atoms with Crippen molar-refractivity contribution in [3.8, 4) is 11.8 Å². The van der Waals surface area contributed by atoms with Crippen molar-refractivity contribution in [1.82, 2.24) is 15.0 Å². The van der Waals surface area contributed by atoms with Gasteiger partial charge in [-0.15, -0.1) is 0 Å². The van der Waals surface area contributed by atoms with Crippen LogP contribution in [0.25, 0.3) is 0 Å². The number of halogens is 1. The van der Waals surface area contributed by atoms with Crippen LogP contribution in [0.4, 0.5) is 11.5 Å². The Morgan fingerprint density at radius 1 is 1.33 bits per heavy atom. The summed E-state index contributed by atoms with van der Waals surface area (Å²) in [7, 11) is 1.47. The van der Waals surface area contributed by atoms with Gasteiger partial charge < -0.3 is 14.4 Å². The van der Waals surface area contributed by atoms with Gasteiger partial charge in [0, 0.05) is 13.1 Å². The molecule has 11 heteroatoms. The van der Waals surface area contributed by atoms with E-state index in [1.807, 2.05) is 0 Å². The van der Waals surface area contributed by atoms with Gasteiger partial charge in [0.25, 0.3) is 0 Å². The summed E-state index contributed by atoms with van der Waals surface area (Å²) >= 11 is 5.79. The molecule has 2 aromatic heterocycles. The highest BCUT2D eigenvalue weighted by Gasteiger charge is 2.29. The summed E-state index contributed by atoms with van der Waals surface area (Å²) in [5, 5.41) is 11.7. The standard InChI is InChI=1S/C16H18ClN5O5/c1-16(2,3)27-12(23)8-21(4)14-13(22(24)25)15(19-9-18-14)26-11-7-5-6-10(17)20-11/h5-7,9H,8H2,1-4H3. The van der Waals surface area contributed by atoms with E-state index in [1.165, 1.54) is 24.1 Å². The van der Waals surface area contributed by atoms with E-state index in [4.69, 9.17) is 21.1 Å². The van der Waals surface area contributed by atoms with Gasteiger partial charge in [-0.2, -0.15) is 4.98 Å². The molecule has 0 atom stereocenters. The maximum Gasteiger partial charge on any atom is 0.373 e. The summed E-state index contributed by atoms with van der Waals surface area (Å²) in [6.07, 6.45) is 1.09. The molecular formula is C16H18ClN5O5. The molecule has 0 unspecified atom stereocenters. The molecular weight excluding hydrogens is 378 g/mol. The molecule has 0 fully saturated rings. The largest absolute Gasteiger partial charge is 0.459 e. The zero-order chi connectivity index (χ0) is 20.2. The SMILES string of the molecule is CN(CC(=O)OC(C)(C)C)c1ncnc(Oc2cccc(Cl)n2)c1[N+](=O)[O-].